The molecule has 0 fully saturated rings. The maximum Gasteiger partial charge on any atom is 0.195 e. The second-order valence-corrected chi connectivity index (χ2v) is 6.14. The molecule has 0 unspecified atom stereocenters. The molecule has 0 spiro atoms. The van der Waals surface area contributed by atoms with Crippen molar-refractivity contribution in [2.45, 2.75) is 5.16 Å². The maximum absolute atomic E-state index is 6.09. The molecule has 0 saturated heterocycles. The smallest absolute Gasteiger partial charge is 0.195 e. The predicted molar refractivity (Wildman–Crippen MR) is 89.2 cm³/mol. The molecule has 0 aliphatic heterocycles. The van der Waals surface area contributed by atoms with Gasteiger partial charge in [-0.15, -0.1) is 10.2 Å². The lowest BCUT2D eigenvalue weighted by Gasteiger charge is -2.00. The molecule has 21 heavy (non-hydrogen) atoms. The lowest BCUT2D eigenvalue weighted by Crippen LogP contribution is -1.88. The third kappa shape index (κ3) is 3.40. The van der Waals surface area contributed by atoms with Crippen molar-refractivity contribution in [1.29, 1.82) is 0 Å². The van der Waals surface area contributed by atoms with Crippen LogP contribution in [-0.2, 0) is 0 Å². The number of hydrogen-bond acceptors (Lipinski definition) is 3. The van der Waals surface area contributed by atoms with Crippen molar-refractivity contribution in [2.75, 3.05) is 5.75 Å². The van der Waals surface area contributed by atoms with Crippen LogP contribution in [0.2, 0.25) is 10.0 Å². The first-order valence-corrected chi connectivity index (χ1v) is 8.02. The van der Waals surface area contributed by atoms with Crippen LogP contribution in [0.1, 0.15) is 5.56 Å². The second-order valence-electron chi connectivity index (χ2n) is 4.31. The van der Waals surface area contributed by atoms with E-state index in [0.717, 1.165) is 10.9 Å². The summed E-state index contributed by atoms with van der Waals surface area (Å²) in [7, 11) is 0. The molecule has 0 N–H and O–H groups in total. The van der Waals surface area contributed by atoms with E-state index in [9.17, 15) is 0 Å². The van der Waals surface area contributed by atoms with Crippen molar-refractivity contribution in [1.82, 2.24) is 14.6 Å². The van der Waals surface area contributed by atoms with Crippen LogP contribution in [0.3, 0.4) is 0 Å². The average molecular weight is 336 g/mol. The Bertz CT molecular complexity index is 784. The highest BCUT2D eigenvalue weighted by atomic mass is 35.5. The summed E-state index contributed by atoms with van der Waals surface area (Å²) in [6.07, 6.45) is 5.94. The molecule has 0 aliphatic rings. The molecule has 0 aliphatic carbocycles. The van der Waals surface area contributed by atoms with Crippen LogP contribution in [0.5, 0.6) is 0 Å². The van der Waals surface area contributed by atoms with E-state index in [1.54, 1.807) is 24.0 Å². The van der Waals surface area contributed by atoms with Crippen molar-refractivity contribution in [3.63, 3.8) is 0 Å². The van der Waals surface area contributed by atoms with E-state index in [1.807, 2.05) is 22.6 Å². The minimum absolute atomic E-state index is 0.502. The van der Waals surface area contributed by atoms with Crippen molar-refractivity contribution in [3.8, 4) is 0 Å². The molecule has 0 atom stereocenters. The second kappa shape index (κ2) is 6.52. The van der Waals surface area contributed by atoms with E-state index < -0.39 is 0 Å². The fourth-order valence-corrected chi connectivity index (χ4v) is 3.10. The molecule has 0 radical (unpaired) electrons. The van der Waals surface area contributed by atoms with E-state index in [1.165, 1.54) is 5.56 Å². The fraction of sp³-hybridized carbons (Fsp3) is 0.0667. The first-order chi connectivity index (χ1) is 10.2. The van der Waals surface area contributed by atoms with Gasteiger partial charge in [0.1, 0.15) is 0 Å². The highest BCUT2D eigenvalue weighted by molar-refractivity contribution is 7.99. The number of pyridine rings is 1. The molecular formula is C15H11Cl2N3S. The Labute approximate surface area is 136 Å². The van der Waals surface area contributed by atoms with Gasteiger partial charge in [-0.2, -0.15) is 0 Å². The molecular weight excluding hydrogens is 325 g/mol. The lowest BCUT2D eigenvalue weighted by molar-refractivity contribution is 0.923. The molecule has 3 nitrogen and oxygen atoms in total. The molecule has 0 amide bonds. The summed E-state index contributed by atoms with van der Waals surface area (Å²) in [6, 6.07) is 11.8. The van der Waals surface area contributed by atoms with Gasteiger partial charge in [0, 0.05) is 11.9 Å². The summed E-state index contributed by atoms with van der Waals surface area (Å²) < 4.78 is 1.81. The van der Waals surface area contributed by atoms with Crippen molar-refractivity contribution >= 4 is 46.7 Å². The lowest BCUT2D eigenvalue weighted by atomic mass is 10.2. The molecule has 3 aromatic rings. The van der Waals surface area contributed by atoms with Gasteiger partial charge in [0.2, 0.25) is 0 Å². The monoisotopic (exact) mass is 335 g/mol. The molecule has 0 bridgehead atoms. The first kappa shape index (κ1) is 14.4. The number of rotatable bonds is 4. The molecule has 1 aromatic carbocycles. The third-order valence-corrected chi connectivity index (χ3v) is 4.19. The number of nitrogens with zero attached hydrogens (tertiary/aromatic N) is 3. The summed E-state index contributed by atoms with van der Waals surface area (Å²) in [5.74, 6) is 0.791. The van der Waals surface area contributed by atoms with Crippen molar-refractivity contribution < 1.29 is 0 Å². The Hall–Kier alpha value is -1.49. The molecule has 2 heterocycles. The Morgan fingerprint density at radius 2 is 1.95 bits per heavy atom. The van der Waals surface area contributed by atoms with Gasteiger partial charge in [0.05, 0.1) is 10.0 Å². The third-order valence-electron chi connectivity index (χ3n) is 2.81. The van der Waals surface area contributed by atoms with Gasteiger partial charge in [0.25, 0.3) is 0 Å². The van der Waals surface area contributed by atoms with Crippen molar-refractivity contribution in [3.05, 3.63) is 64.3 Å². The van der Waals surface area contributed by atoms with Gasteiger partial charge in [-0.3, -0.25) is 4.40 Å². The number of halogens is 2. The number of benzene rings is 1. The number of aromatic nitrogens is 3. The van der Waals surface area contributed by atoms with E-state index in [4.69, 9.17) is 23.2 Å². The molecule has 6 heteroatoms. The summed E-state index contributed by atoms with van der Waals surface area (Å²) in [5.41, 5.74) is 1.80. The highest BCUT2D eigenvalue weighted by Gasteiger charge is 2.09. The van der Waals surface area contributed by atoms with Crippen LogP contribution in [0.25, 0.3) is 11.7 Å². The van der Waals surface area contributed by atoms with Gasteiger partial charge in [0.15, 0.2) is 10.8 Å². The van der Waals surface area contributed by atoms with Gasteiger partial charge in [-0.25, -0.2) is 0 Å². The van der Waals surface area contributed by atoms with Gasteiger partial charge in [-0.1, -0.05) is 77.4 Å². The maximum atomic E-state index is 6.09. The zero-order valence-electron chi connectivity index (χ0n) is 10.9. The van der Waals surface area contributed by atoms with Gasteiger partial charge >= 0.3 is 0 Å². The molecule has 3 rings (SSSR count). The Kier molecular flexibility index (Phi) is 4.48. The molecule has 106 valence electrons. The van der Waals surface area contributed by atoms with E-state index in [0.29, 0.717) is 15.7 Å². The molecule has 2 aromatic heterocycles. The van der Waals surface area contributed by atoms with E-state index in [2.05, 4.69) is 34.5 Å². The Morgan fingerprint density at radius 1 is 1.14 bits per heavy atom. The van der Waals surface area contributed by atoms with Crippen LogP contribution in [0.4, 0.5) is 0 Å². The summed E-state index contributed by atoms with van der Waals surface area (Å²) >= 11 is 13.7. The summed E-state index contributed by atoms with van der Waals surface area (Å²) in [4.78, 5) is 0. The van der Waals surface area contributed by atoms with Gasteiger partial charge < -0.3 is 0 Å². The average Bonchev–Trinajstić information content (AvgIpc) is 2.88. The first-order valence-electron chi connectivity index (χ1n) is 6.28. The number of thioether (sulfide) groups is 1. The van der Waals surface area contributed by atoms with Crippen LogP contribution in [0, 0.1) is 0 Å². The number of fused-ring (bicyclic) bond motifs is 1. The Morgan fingerprint density at radius 3 is 2.76 bits per heavy atom. The van der Waals surface area contributed by atoms with Crippen LogP contribution in [0.15, 0.2) is 53.8 Å². The zero-order valence-corrected chi connectivity index (χ0v) is 13.2. The van der Waals surface area contributed by atoms with Gasteiger partial charge in [-0.05, 0) is 11.6 Å². The van der Waals surface area contributed by atoms with Crippen LogP contribution in [-0.4, -0.2) is 20.4 Å². The van der Waals surface area contributed by atoms with Crippen LogP contribution >= 0.6 is 35.0 Å². The Balaban J connectivity index is 1.73. The predicted octanol–water partition coefficient (Wildman–Crippen LogP) is 4.84. The summed E-state index contributed by atoms with van der Waals surface area (Å²) in [6.45, 7) is 0. The minimum Gasteiger partial charge on any atom is -0.275 e. The highest BCUT2D eigenvalue weighted by Crippen LogP contribution is 2.25. The van der Waals surface area contributed by atoms with Crippen molar-refractivity contribution in [2.24, 2.45) is 0 Å². The van der Waals surface area contributed by atoms with E-state index >= 15 is 0 Å². The standard InChI is InChI=1S/C15H11Cl2N3S/c16-12-9-13(17)14-18-19-15(20(14)10-12)21-8-4-7-11-5-2-1-3-6-11/h1-7,9-10H,8H2/b7-4+. The van der Waals surface area contributed by atoms with Crippen LogP contribution < -0.4 is 0 Å². The quantitative estimate of drug-likeness (QED) is 0.639. The minimum atomic E-state index is 0.502. The summed E-state index contributed by atoms with van der Waals surface area (Å²) in [5, 5.41) is 10.1. The topological polar surface area (TPSA) is 30.2 Å². The zero-order chi connectivity index (χ0) is 14.7. The fourth-order valence-electron chi connectivity index (χ4n) is 1.87. The van der Waals surface area contributed by atoms with E-state index in [-0.39, 0.29) is 0 Å². The number of hydrogen-bond donors (Lipinski definition) is 0. The normalized spacial score (nSPS) is 11.5. The largest absolute Gasteiger partial charge is 0.275 e. The SMILES string of the molecule is Clc1cc(Cl)c2nnc(SC/C=C/c3ccccc3)n2c1. The molecule has 0 saturated carbocycles.